The van der Waals surface area contributed by atoms with Gasteiger partial charge in [0.2, 0.25) is 0 Å². The highest BCUT2D eigenvalue weighted by atomic mass is 15.2. The summed E-state index contributed by atoms with van der Waals surface area (Å²) in [5, 5.41) is 12.4. The molecule has 1 fully saturated rings. The van der Waals surface area contributed by atoms with Crippen LogP contribution in [0, 0.1) is 18.3 Å². The van der Waals surface area contributed by atoms with Crippen LogP contribution in [-0.4, -0.2) is 26.2 Å². The molecule has 1 unspecified atom stereocenters. The molecule has 0 saturated carbocycles. The van der Waals surface area contributed by atoms with Gasteiger partial charge in [0.05, 0.1) is 11.3 Å². The zero-order chi connectivity index (χ0) is 11.5. The Kier molecular flexibility index (Phi) is 3.12. The van der Waals surface area contributed by atoms with E-state index in [9.17, 15) is 0 Å². The molecular weight excluding hydrogens is 198 g/mol. The van der Waals surface area contributed by atoms with Gasteiger partial charge in [0.1, 0.15) is 6.07 Å². The van der Waals surface area contributed by atoms with Crippen LogP contribution in [0.2, 0.25) is 0 Å². The first kappa shape index (κ1) is 11.0. The standard InChI is InChI=1S/C13H17N3/c1-10-3-4-11(8-14)13(7-10)16-6-5-12(9-16)15-2/h3-4,7,12,15H,5-6,9H2,1-2H3. The second-order valence-corrected chi connectivity index (χ2v) is 4.35. The fourth-order valence-corrected chi connectivity index (χ4v) is 2.21. The first-order chi connectivity index (χ1) is 7.74. The number of benzene rings is 1. The summed E-state index contributed by atoms with van der Waals surface area (Å²) < 4.78 is 0. The van der Waals surface area contributed by atoms with Crippen LogP contribution in [0.5, 0.6) is 0 Å². The normalized spacial score (nSPS) is 19.8. The van der Waals surface area contributed by atoms with Crippen molar-refractivity contribution in [1.82, 2.24) is 5.32 Å². The first-order valence-electron chi connectivity index (χ1n) is 5.67. The van der Waals surface area contributed by atoms with E-state index in [2.05, 4.69) is 29.3 Å². The second kappa shape index (κ2) is 4.54. The fourth-order valence-electron chi connectivity index (χ4n) is 2.21. The Labute approximate surface area is 96.7 Å². The number of hydrogen-bond donors (Lipinski definition) is 1. The Morgan fingerprint density at radius 2 is 2.31 bits per heavy atom. The van der Waals surface area contributed by atoms with Crippen molar-refractivity contribution in [2.75, 3.05) is 25.0 Å². The SMILES string of the molecule is CNC1CCN(c2cc(C)ccc2C#N)C1. The molecule has 1 aliphatic rings. The number of nitriles is 1. The lowest BCUT2D eigenvalue weighted by Gasteiger charge is -2.20. The minimum atomic E-state index is 0.548. The van der Waals surface area contributed by atoms with Crippen molar-refractivity contribution < 1.29 is 0 Å². The molecule has 1 heterocycles. The molecule has 16 heavy (non-hydrogen) atoms. The number of nitrogens with one attached hydrogen (secondary N) is 1. The highest BCUT2D eigenvalue weighted by molar-refractivity contribution is 5.61. The number of hydrogen-bond acceptors (Lipinski definition) is 3. The van der Waals surface area contributed by atoms with Crippen LogP contribution in [0.1, 0.15) is 17.5 Å². The van der Waals surface area contributed by atoms with E-state index >= 15 is 0 Å². The molecule has 0 aromatic heterocycles. The summed E-state index contributed by atoms with van der Waals surface area (Å²) in [5.41, 5.74) is 3.07. The third-order valence-corrected chi connectivity index (χ3v) is 3.21. The Hall–Kier alpha value is -1.53. The molecule has 0 aliphatic carbocycles. The van der Waals surface area contributed by atoms with Gasteiger partial charge in [0, 0.05) is 19.1 Å². The topological polar surface area (TPSA) is 39.1 Å². The second-order valence-electron chi connectivity index (χ2n) is 4.35. The predicted octanol–water partition coefficient (Wildman–Crippen LogP) is 1.66. The van der Waals surface area contributed by atoms with E-state index in [1.54, 1.807) is 0 Å². The van der Waals surface area contributed by atoms with Crippen molar-refractivity contribution in [3.8, 4) is 6.07 Å². The lowest BCUT2D eigenvalue weighted by atomic mass is 10.1. The van der Waals surface area contributed by atoms with Gasteiger partial charge in [-0.05, 0) is 38.1 Å². The summed E-state index contributed by atoms with van der Waals surface area (Å²) in [7, 11) is 2.00. The van der Waals surface area contributed by atoms with Gasteiger partial charge in [0.15, 0.2) is 0 Å². The van der Waals surface area contributed by atoms with Gasteiger partial charge >= 0.3 is 0 Å². The highest BCUT2D eigenvalue weighted by Gasteiger charge is 2.22. The van der Waals surface area contributed by atoms with E-state index < -0.39 is 0 Å². The van der Waals surface area contributed by atoms with Crippen molar-refractivity contribution in [2.45, 2.75) is 19.4 Å². The minimum absolute atomic E-state index is 0.548. The molecule has 2 rings (SSSR count). The summed E-state index contributed by atoms with van der Waals surface area (Å²) in [6, 6.07) is 8.83. The predicted molar refractivity (Wildman–Crippen MR) is 65.6 cm³/mol. The van der Waals surface area contributed by atoms with Crippen LogP contribution in [0.3, 0.4) is 0 Å². The molecule has 1 aromatic carbocycles. The van der Waals surface area contributed by atoms with Crippen LogP contribution in [-0.2, 0) is 0 Å². The van der Waals surface area contributed by atoms with Gasteiger partial charge in [0.25, 0.3) is 0 Å². The first-order valence-corrected chi connectivity index (χ1v) is 5.67. The zero-order valence-corrected chi connectivity index (χ0v) is 9.83. The van der Waals surface area contributed by atoms with E-state index in [0.29, 0.717) is 6.04 Å². The minimum Gasteiger partial charge on any atom is -0.369 e. The van der Waals surface area contributed by atoms with Crippen molar-refractivity contribution in [1.29, 1.82) is 5.26 Å². The molecule has 0 bridgehead atoms. The summed E-state index contributed by atoms with van der Waals surface area (Å²) in [4.78, 5) is 2.30. The van der Waals surface area contributed by atoms with E-state index in [1.165, 1.54) is 5.56 Å². The summed E-state index contributed by atoms with van der Waals surface area (Å²) in [6.07, 6.45) is 1.15. The molecule has 3 nitrogen and oxygen atoms in total. The van der Waals surface area contributed by atoms with Crippen molar-refractivity contribution in [3.05, 3.63) is 29.3 Å². The maximum Gasteiger partial charge on any atom is 0.101 e. The Bertz CT molecular complexity index is 420. The smallest absolute Gasteiger partial charge is 0.101 e. The monoisotopic (exact) mass is 215 g/mol. The molecule has 3 heteroatoms. The van der Waals surface area contributed by atoms with Crippen LogP contribution < -0.4 is 10.2 Å². The molecule has 84 valence electrons. The fraction of sp³-hybridized carbons (Fsp3) is 0.462. The largest absolute Gasteiger partial charge is 0.369 e. The number of aryl methyl sites for hydroxylation is 1. The Balaban J connectivity index is 2.27. The van der Waals surface area contributed by atoms with Crippen molar-refractivity contribution in [2.24, 2.45) is 0 Å². The quantitative estimate of drug-likeness (QED) is 0.815. The summed E-state index contributed by atoms with van der Waals surface area (Å²) in [6.45, 7) is 4.09. The third kappa shape index (κ3) is 2.02. The van der Waals surface area contributed by atoms with E-state index in [1.807, 2.05) is 19.2 Å². The third-order valence-electron chi connectivity index (χ3n) is 3.21. The van der Waals surface area contributed by atoms with Gasteiger partial charge in [-0.2, -0.15) is 5.26 Å². The van der Waals surface area contributed by atoms with E-state index in [-0.39, 0.29) is 0 Å². The van der Waals surface area contributed by atoms with Crippen LogP contribution >= 0.6 is 0 Å². The Morgan fingerprint density at radius 3 is 2.94 bits per heavy atom. The van der Waals surface area contributed by atoms with E-state index in [4.69, 9.17) is 5.26 Å². The van der Waals surface area contributed by atoms with Gasteiger partial charge in [-0.15, -0.1) is 0 Å². The summed E-state index contributed by atoms with van der Waals surface area (Å²) >= 11 is 0. The van der Waals surface area contributed by atoms with Gasteiger partial charge in [-0.3, -0.25) is 0 Å². The van der Waals surface area contributed by atoms with Crippen molar-refractivity contribution in [3.63, 3.8) is 0 Å². The van der Waals surface area contributed by atoms with Crippen molar-refractivity contribution >= 4 is 5.69 Å². The molecule has 1 atom stereocenters. The Morgan fingerprint density at radius 1 is 1.50 bits per heavy atom. The number of rotatable bonds is 2. The van der Waals surface area contributed by atoms with Gasteiger partial charge in [-0.25, -0.2) is 0 Å². The maximum absolute atomic E-state index is 9.10. The molecule has 1 aromatic rings. The number of likely N-dealkylation sites (N-methyl/N-ethyl adjacent to an activating group) is 1. The molecule has 1 saturated heterocycles. The van der Waals surface area contributed by atoms with Crippen LogP contribution in [0.4, 0.5) is 5.69 Å². The molecular formula is C13H17N3. The number of anilines is 1. The van der Waals surface area contributed by atoms with Gasteiger partial charge in [-0.1, -0.05) is 6.07 Å². The molecule has 0 amide bonds. The summed E-state index contributed by atoms with van der Waals surface area (Å²) in [5.74, 6) is 0. The van der Waals surface area contributed by atoms with E-state index in [0.717, 1.165) is 30.8 Å². The number of nitrogens with zero attached hydrogens (tertiary/aromatic N) is 2. The molecule has 1 aliphatic heterocycles. The zero-order valence-electron chi connectivity index (χ0n) is 9.83. The molecule has 0 radical (unpaired) electrons. The average molecular weight is 215 g/mol. The highest BCUT2D eigenvalue weighted by Crippen LogP contribution is 2.25. The lowest BCUT2D eigenvalue weighted by Crippen LogP contribution is -2.29. The van der Waals surface area contributed by atoms with Crippen LogP contribution in [0.15, 0.2) is 18.2 Å². The average Bonchev–Trinajstić information content (AvgIpc) is 2.77. The maximum atomic E-state index is 9.10. The van der Waals surface area contributed by atoms with Crippen LogP contribution in [0.25, 0.3) is 0 Å². The van der Waals surface area contributed by atoms with Gasteiger partial charge < -0.3 is 10.2 Å². The molecule has 1 N–H and O–H groups in total. The molecule has 0 spiro atoms. The lowest BCUT2D eigenvalue weighted by molar-refractivity contribution is 0.617.